The normalized spacial score (nSPS) is 19.1. The van der Waals surface area contributed by atoms with Crippen LogP contribution >= 0.6 is 0 Å². The van der Waals surface area contributed by atoms with E-state index in [2.05, 4.69) is 32.7 Å². The zero-order valence-electron chi connectivity index (χ0n) is 11.4. The highest BCUT2D eigenvalue weighted by Gasteiger charge is 2.23. The van der Waals surface area contributed by atoms with Crippen LogP contribution in [0, 0.1) is 11.3 Å². The van der Waals surface area contributed by atoms with E-state index in [1.165, 1.54) is 19.3 Å². The van der Waals surface area contributed by atoms with E-state index >= 15 is 0 Å². The Kier molecular flexibility index (Phi) is 4.97. The highest BCUT2D eigenvalue weighted by molar-refractivity contribution is 5.83. The fourth-order valence-electron chi connectivity index (χ4n) is 2.69. The standard InChI is InChI=1S/C14H27NO/c1-14(2,3)11-15(4)10-13(16)12-8-6-5-7-9-12/h12H,5-11H2,1-4H3. The molecule has 94 valence electrons. The molecule has 0 aliphatic heterocycles. The van der Waals surface area contributed by atoms with Gasteiger partial charge in [0.15, 0.2) is 0 Å². The molecule has 1 saturated carbocycles. The third-order valence-corrected chi connectivity index (χ3v) is 3.23. The molecule has 0 aromatic heterocycles. The van der Waals surface area contributed by atoms with Crippen molar-refractivity contribution in [2.45, 2.75) is 52.9 Å². The topological polar surface area (TPSA) is 20.3 Å². The van der Waals surface area contributed by atoms with Crippen LogP contribution in [0.1, 0.15) is 52.9 Å². The number of likely N-dealkylation sites (N-methyl/N-ethyl adjacent to an activating group) is 1. The monoisotopic (exact) mass is 225 g/mol. The first-order valence-corrected chi connectivity index (χ1v) is 6.60. The lowest BCUT2D eigenvalue weighted by atomic mass is 9.86. The van der Waals surface area contributed by atoms with E-state index in [1.54, 1.807) is 0 Å². The Balaban J connectivity index is 2.32. The van der Waals surface area contributed by atoms with Crippen LogP contribution in [-0.4, -0.2) is 30.8 Å². The molecule has 16 heavy (non-hydrogen) atoms. The fraction of sp³-hybridized carbons (Fsp3) is 0.929. The first kappa shape index (κ1) is 13.7. The summed E-state index contributed by atoms with van der Waals surface area (Å²) in [5, 5.41) is 0. The molecule has 1 aliphatic rings. The molecule has 0 aromatic carbocycles. The molecule has 1 aliphatic carbocycles. The minimum absolute atomic E-state index is 0.279. The van der Waals surface area contributed by atoms with Crippen molar-refractivity contribution < 1.29 is 4.79 Å². The van der Waals surface area contributed by atoms with Gasteiger partial charge < -0.3 is 0 Å². The van der Waals surface area contributed by atoms with Gasteiger partial charge in [-0.2, -0.15) is 0 Å². The van der Waals surface area contributed by atoms with Crippen molar-refractivity contribution in [3.05, 3.63) is 0 Å². The van der Waals surface area contributed by atoms with Gasteiger partial charge in [-0.25, -0.2) is 0 Å². The summed E-state index contributed by atoms with van der Waals surface area (Å²) in [6, 6.07) is 0. The summed E-state index contributed by atoms with van der Waals surface area (Å²) in [5.74, 6) is 0.822. The number of hydrogen-bond acceptors (Lipinski definition) is 2. The quantitative estimate of drug-likeness (QED) is 0.732. The molecule has 0 unspecified atom stereocenters. The number of rotatable bonds is 4. The summed E-state index contributed by atoms with van der Waals surface area (Å²) < 4.78 is 0. The Bertz CT molecular complexity index is 223. The smallest absolute Gasteiger partial charge is 0.149 e. The van der Waals surface area contributed by atoms with Crippen LogP contribution in [0.15, 0.2) is 0 Å². The third-order valence-electron chi connectivity index (χ3n) is 3.23. The first-order valence-electron chi connectivity index (χ1n) is 6.60. The number of nitrogens with zero attached hydrogens (tertiary/aromatic N) is 1. The van der Waals surface area contributed by atoms with Crippen LogP contribution in [0.3, 0.4) is 0 Å². The lowest BCUT2D eigenvalue weighted by Gasteiger charge is -2.28. The Labute approximate surface area is 100 Å². The largest absolute Gasteiger partial charge is 0.299 e. The van der Waals surface area contributed by atoms with Gasteiger partial charge in [-0.15, -0.1) is 0 Å². The van der Waals surface area contributed by atoms with Crippen molar-refractivity contribution in [1.82, 2.24) is 4.90 Å². The number of Topliss-reactive ketones (excluding diaryl/α,β-unsaturated/α-hetero) is 1. The zero-order valence-corrected chi connectivity index (χ0v) is 11.4. The van der Waals surface area contributed by atoms with E-state index in [-0.39, 0.29) is 5.41 Å². The van der Waals surface area contributed by atoms with Crippen molar-refractivity contribution in [3.8, 4) is 0 Å². The van der Waals surface area contributed by atoms with Crippen molar-refractivity contribution >= 4 is 5.78 Å². The Hall–Kier alpha value is -0.370. The van der Waals surface area contributed by atoms with E-state index in [9.17, 15) is 4.79 Å². The summed E-state index contributed by atoms with van der Waals surface area (Å²) in [7, 11) is 2.06. The molecule has 0 heterocycles. The molecule has 1 rings (SSSR count). The Morgan fingerprint density at radius 3 is 2.25 bits per heavy atom. The van der Waals surface area contributed by atoms with Crippen molar-refractivity contribution in [1.29, 1.82) is 0 Å². The van der Waals surface area contributed by atoms with Crippen LogP contribution in [0.4, 0.5) is 0 Å². The summed E-state index contributed by atoms with van der Waals surface area (Å²) in [6.45, 7) is 8.28. The van der Waals surface area contributed by atoms with Gasteiger partial charge in [0.1, 0.15) is 5.78 Å². The van der Waals surface area contributed by atoms with Crippen LogP contribution in [0.2, 0.25) is 0 Å². The van der Waals surface area contributed by atoms with Crippen molar-refractivity contribution in [3.63, 3.8) is 0 Å². The summed E-state index contributed by atoms with van der Waals surface area (Å²) in [6.07, 6.45) is 6.07. The lowest BCUT2D eigenvalue weighted by molar-refractivity contribution is -0.124. The Morgan fingerprint density at radius 1 is 1.19 bits per heavy atom. The predicted octanol–water partition coefficient (Wildman–Crippen LogP) is 3.11. The number of ketones is 1. The maximum atomic E-state index is 12.1. The Morgan fingerprint density at radius 2 is 1.75 bits per heavy atom. The molecule has 0 spiro atoms. The summed E-state index contributed by atoms with van der Waals surface area (Å²) in [4.78, 5) is 14.2. The van der Waals surface area contributed by atoms with Gasteiger partial charge in [0.05, 0.1) is 6.54 Å². The van der Waals surface area contributed by atoms with Crippen LogP contribution in [0.25, 0.3) is 0 Å². The highest BCUT2D eigenvalue weighted by atomic mass is 16.1. The molecule has 2 nitrogen and oxygen atoms in total. The molecule has 2 heteroatoms. The minimum atomic E-state index is 0.279. The SMILES string of the molecule is CN(CC(=O)C1CCCCC1)CC(C)(C)C. The molecule has 0 saturated heterocycles. The van der Waals surface area contributed by atoms with E-state index in [0.717, 1.165) is 19.4 Å². The predicted molar refractivity (Wildman–Crippen MR) is 68.5 cm³/mol. The van der Waals surface area contributed by atoms with Crippen molar-refractivity contribution in [2.75, 3.05) is 20.1 Å². The number of carbonyl (C=O) groups excluding carboxylic acids is 1. The van der Waals surface area contributed by atoms with Gasteiger partial charge in [0, 0.05) is 12.5 Å². The highest BCUT2D eigenvalue weighted by Crippen LogP contribution is 2.24. The molecule has 0 N–H and O–H groups in total. The third kappa shape index (κ3) is 5.11. The second-order valence-electron chi connectivity index (χ2n) is 6.53. The van der Waals surface area contributed by atoms with Gasteiger partial charge in [0.2, 0.25) is 0 Å². The van der Waals surface area contributed by atoms with Crippen LogP contribution in [0.5, 0.6) is 0 Å². The average Bonchev–Trinajstić information content (AvgIpc) is 2.16. The molecule has 0 amide bonds. The van der Waals surface area contributed by atoms with Crippen LogP contribution < -0.4 is 0 Å². The lowest BCUT2D eigenvalue weighted by Crippen LogP contribution is -2.36. The van der Waals surface area contributed by atoms with Gasteiger partial charge >= 0.3 is 0 Å². The molecule has 1 fully saturated rings. The number of carbonyl (C=O) groups is 1. The van der Waals surface area contributed by atoms with Gasteiger partial charge in [-0.3, -0.25) is 9.69 Å². The number of hydrogen-bond donors (Lipinski definition) is 0. The average molecular weight is 225 g/mol. The molecule has 0 bridgehead atoms. The van der Waals surface area contributed by atoms with E-state index < -0.39 is 0 Å². The second kappa shape index (κ2) is 5.81. The molecular weight excluding hydrogens is 198 g/mol. The maximum absolute atomic E-state index is 12.1. The van der Waals surface area contributed by atoms with E-state index in [4.69, 9.17) is 0 Å². The maximum Gasteiger partial charge on any atom is 0.149 e. The molecule has 0 atom stereocenters. The van der Waals surface area contributed by atoms with E-state index in [0.29, 0.717) is 18.2 Å². The van der Waals surface area contributed by atoms with Gasteiger partial charge in [-0.05, 0) is 25.3 Å². The van der Waals surface area contributed by atoms with E-state index in [1.807, 2.05) is 0 Å². The van der Waals surface area contributed by atoms with Gasteiger partial charge in [0.25, 0.3) is 0 Å². The van der Waals surface area contributed by atoms with Crippen molar-refractivity contribution in [2.24, 2.45) is 11.3 Å². The molecular formula is C14H27NO. The van der Waals surface area contributed by atoms with Gasteiger partial charge in [-0.1, -0.05) is 40.0 Å². The van der Waals surface area contributed by atoms with Crippen LogP contribution in [-0.2, 0) is 4.79 Å². The first-order chi connectivity index (χ1) is 7.38. The fourth-order valence-corrected chi connectivity index (χ4v) is 2.69. The molecule has 0 aromatic rings. The molecule has 0 radical (unpaired) electrons. The summed E-state index contributed by atoms with van der Waals surface area (Å²) >= 11 is 0. The summed E-state index contributed by atoms with van der Waals surface area (Å²) in [5.41, 5.74) is 0.279. The second-order valence-corrected chi connectivity index (χ2v) is 6.53. The minimum Gasteiger partial charge on any atom is -0.299 e. The zero-order chi connectivity index (χ0) is 12.2.